The fraction of sp³-hybridized carbons (Fsp3) is 0.182. The molecule has 7 nitrogen and oxygen atoms in total. The molecule has 0 saturated carbocycles. The largest absolute Gasteiger partial charge is 0.322 e. The van der Waals surface area contributed by atoms with E-state index in [4.69, 9.17) is 21.6 Å². The topological polar surface area (TPSA) is 83.9 Å². The monoisotopic (exact) mass is 578 g/mol. The molecule has 9 heteroatoms. The van der Waals surface area contributed by atoms with Gasteiger partial charge in [0, 0.05) is 59.5 Å². The van der Waals surface area contributed by atoms with Gasteiger partial charge in [0.1, 0.15) is 0 Å². The van der Waals surface area contributed by atoms with Crippen molar-refractivity contribution >= 4 is 23.3 Å². The number of hydrogen-bond acceptors (Lipinski definition) is 5. The molecule has 5 aromatic rings. The summed E-state index contributed by atoms with van der Waals surface area (Å²) in [4.78, 5) is 33.5. The van der Waals surface area contributed by atoms with Gasteiger partial charge in [-0.3, -0.25) is 4.98 Å². The maximum Gasteiger partial charge on any atom is 0.322 e. The van der Waals surface area contributed by atoms with E-state index < -0.39 is 5.82 Å². The number of pyridine rings is 2. The van der Waals surface area contributed by atoms with Gasteiger partial charge in [0.2, 0.25) is 0 Å². The number of benzene rings is 2. The number of carbonyl (C=O) groups excluding carboxylic acids is 1. The van der Waals surface area contributed by atoms with Crippen LogP contribution in [0.3, 0.4) is 0 Å². The number of hydrogen-bond donors (Lipinski definition) is 1. The summed E-state index contributed by atoms with van der Waals surface area (Å²) in [5.41, 5.74) is 8.58. The van der Waals surface area contributed by atoms with Crippen LogP contribution in [0.5, 0.6) is 0 Å². The number of amides is 2. The van der Waals surface area contributed by atoms with E-state index >= 15 is 0 Å². The van der Waals surface area contributed by atoms with E-state index in [-0.39, 0.29) is 11.2 Å². The van der Waals surface area contributed by atoms with Gasteiger partial charge in [-0.1, -0.05) is 48.9 Å². The van der Waals surface area contributed by atoms with E-state index in [2.05, 4.69) is 34.3 Å². The highest BCUT2D eigenvalue weighted by Crippen LogP contribution is 2.33. The number of nitrogens with zero attached hydrogens (tertiary/aromatic N) is 5. The van der Waals surface area contributed by atoms with Gasteiger partial charge in [0.15, 0.2) is 16.8 Å². The molecule has 0 saturated heterocycles. The maximum atomic E-state index is 14.1. The van der Waals surface area contributed by atoms with Crippen LogP contribution >= 0.6 is 11.6 Å². The fourth-order valence-electron chi connectivity index (χ4n) is 5.19. The van der Waals surface area contributed by atoms with Crippen molar-refractivity contribution in [2.45, 2.75) is 33.2 Å². The maximum absolute atomic E-state index is 14.1. The van der Waals surface area contributed by atoms with E-state index in [9.17, 15) is 9.18 Å². The number of urea groups is 1. The van der Waals surface area contributed by atoms with Gasteiger partial charge in [-0.25, -0.2) is 24.1 Å². The lowest BCUT2D eigenvalue weighted by molar-refractivity contribution is 0.206. The summed E-state index contributed by atoms with van der Waals surface area (Å²) in [5.74, 6) is 0.0297. The summed E-state index contributed by atoms with van der Waals surface area (Å²) in [5, 5.41) is 2.88. The number of nitrogens with one attached hydrogen (secondary N) is 1. The Kier molecular flexibility index (Phi) is 7.63. The zero-order valence-electron chi connectivity index (χ0n) is 23.2. The van der Waals surface area contributed by atoms with Gasteiger partial charge < -0.3 is 10.2 Å². The molecular weight excluding hydrogens is 551 g/mol. The molecular formula is C33H28ClFN6O. The first-order valence-electron chi connectivity index (χ1n) is 13.8. The summed E-state index contributed by atoms with van der Waals surface area (Å²) >= 11 is 5.79. The molecule has 0 fully saturated rings. The second-order valence-electron chi connectivity index (χ2n) is 10.2. The van der Waals surface area contributed by atoms with Crippen LogP contribution in [0.2, 0.25) is 5.15 Å². The SMILES string of the molecule is CCc1cc(NC(=O)N2CCc3nc(-c4cccnc4)nc(-c4ccccc4C)c3C2)cc(-c2cnc(Cl)c(F)c2)c1. The molecule has 0 spiro atoms. The molecule has 2 aromatic carbocycles. The van der Waals surface area contributed by atoms with Gasteiger partial charge in [-0.15, -0.1) is 0 Å². The number of aromatic nitrogens is 4. The third-order valence-electron chi connectivity index (χ3n) is 7.45. The Morgan fingerprint density at radius 3 is 2.64 bits per heavy atom. The van der Waals surface area contributed by atoms with E-state index in [0.29, 0.717) is 36.6 Å². The Balaban J connectivity index is 1.32. The summed E-state index contributed by atoms with van der Waals surface area (Å²) in [7, 11) is 0. The molecule has 0 bridgehead atoms. The lowest BCUT2D eigenvalue weighted by Gasteiger charge is -2.30. The van der Waals surface area contributed by atoms with Gasteiger partial charge in [-0.2, -0.15) is 0 Å². The van der Waals surface area contributed by atoms with Crippen LogP contribution in [0.25, 0.3) is 33.8 Å². The Morgan fingerprint density at radius 2 is 1.88 bits per heavy atom. The lowest BCUT2D eigenvalue weighted by atomic mass is 9.96. The minimum atomic E-state index is -0.591. The zero-order chi connectivity index (χ0) is 29.2. The van der Waals surface area contributed by atoms with E-state index in [1.54, 1.807) is 17.3 Å². The molecule has 42 heavy (non-hydrogen) atoms. The molecule has 2 amide bonds. The van der Waals surface area contributed by atoms with Crippen molar-refractivity contribution in [2.24, 2.45) is 0 Å². The minimum absolute atomic E-state index is 0.175. The van der Waals surface area contributed by atoms with E-state index in [1.807, 2.05) is 49.4 Å². The van der Waals surface area contributed by atoms with E-state index in [0.717, 1.165) is 51.2 Å². The third kappa shape index (κ3) is 5.58. The predicted octanol–water partition coefficient (Wildman–Crippen LogP) is 7.52. The van der Waals surface area contributed by atoms with Crippen molar-refractivity contribution in [2.75, 3.05) is 11.9 Å². The Bertz CT molecular complexity index is 1800. The van der Waals surface area contributed by atoms with Crippen molar-refractivity contribution in [3.8, 4) is 33.8 Å². The number of rotatable bonds is 5. The van der Waals surface area contributed by atoms with Crippen molar-refractivity contribution in [1.29, 1.82) is 0 Å². The van der Waals surface area contributed by atoms with Crippen molar-refractivity contribution < 1.29 is 9.18 Å². The standard InChI is InChI=1S/C33H28ClFN6O/c1-3-21-13-23(24-16-28(35)31(34)37-18-24)15-25(14-21)38-33(42)41-12-10-29-27(19-41)30(26-9-5-4-7-20(26)2)40-32(39-29)22-8-6-11-36-17-22/h4-9,11,13-18H,3,10,12,19H2,1-2H3,(H,38,42). The van der Waals surface area contributed by atoms with Crippen molar-refractivity contribution in [1.82, 2.24) is 24.8 Å². The first-order valence-corrected chi connectivity index (χ1v) is 14.1. The van der Waals surface area contributed by atoms with Crippen LogP contribution in [0, 0.1) is 12.7 Å². The molecule has 0 unspecified atom stereocenters. The highest BCUT2D eigenvalue weighted by atomic mass is 35.5. The molecule has 1 aliphatic rings. The number of halogens is 2. The van der Waals surface area contributed by atoms with Crippen LogP contribution < -0.4 is 5.32 Å². The van der Waals surface area contributed by atoms with Gasteiger partial charge in [0.05, 0.1) is 17.9 Å². The Hall–Kier alpha value is -4.69. The summed E-state index contributed by atoms with van der Waals surface area (Å²) < 4.78 is 14.1. The molecule has 6 rings (SSSR count). The zero-order valence-corrected chi connectivity index (χ0v) is 24.0. The quantitative estimate of drug-likeness (QED) is 0.218. The summed E-state index contributed by atoms with van der Waals surface area (Å²) in [6, 6.07) is 18.8. The average molecular weight is 579 g/mol. The first-order chi connectivity index (χ1) is 20.4. The molecule has 4 heterocycles. The lowest BCUT2D eigenvalue weighted by Crippen LogP contribution is -2.39. The van der Waals surface area contributed by atoms with E-state index in [1.165, 1.54) is 12.3 Å². The summed E-state index contributed by atoms with van der Waals surface area (Å²) in [6.07, 6.45) is 6.35. The Morgan fingerprint density at radius 1 is 1.02 bits per heavy atom. The number of anilines is 1. The molecule has 0 atom stereocenters. The van der Waals surface area contributed by atoms with Crippen molar-refractivity contribution in [3.05, 3.63) is 113 Å². The fourth-order valence-corrected chi connectivity index (χ4v) is 5.29. The molecule has 0 aliphatic carbocycles. The van der Waals surface area contributed by atoms with Crippen LogP contribution in [0.4, 0.5) is 14.9 Å². The highest BCUT2D eigenvalue weighted by Gasteiger charge is 2.27. The van der Waals surface area contributed by atoms with Crippen LogP contribution in [0.15, 0.2) is 79.3 Å². The molecule has 3 aromatic heterocycles. The predicted molar refractivity (Wildman–Crippen MR) is 163 cm³/mol. The average Bonchev–Trinajstić information content (AvgIpc) is 3.02. The number of fused-ring (bicyclic) bond motifs is 1. The van der Waals surface area contributed by atoms with Crippen molar-refractivity contribution in [3.63, 3.8) is 0 Å². The summed E-state index contributed by atoms with van der Waals surface area (Å²) in [6.45, 7) is 4.95. The van der Waals surface area contributed by atoms with Gasteiger partial charge >= 0.3 is 6.03 Å². The molecule has 1 aliphatic heterocycles. The first kappa shape index (κ1) is 27.5. The number of aryl methyl sites for hydroxylation is 2. The third-order valence-corrected chi connectivity index (χ3v) is 7.73. The number of carbonyl (C=O) groups is 1. The molecule has 210 valence electrons. The molecule has 0 radical (unpaired) electrons. The van der Waals surface area contributed by atoms with Gasteiger partial charge in [0.25, 0.3) is 0 Å². The normalized spacial score (nSPS) is 12.6. The smallest absolute Gasteiger partial charge is 0.320 e. The molecule has 1 N–H and O–H groups in total. The highest BCUT2D eigenvalue weighted by molar-refractivity contribution is 6.29. The second-order valence-corrected chi connectivity index (χ2v) is 10.6. The minimum Gasteiger partial charge on any atom is -0.320 e. The van der Waals surface area contributed by atoms with Gasteiger partial charge in [-0.05, 0) is 60.4 Å². The van der Waals surface area contributed by atoms with Crippen LogP contribution in [-0.2, 0) is 19.4 Å². The van der Waals surface area contributed by atoms with Crippen LogP contribution in [0.1, 0.15) is 29.3 Å². The second kappa shape index (κ2) is 11.7. The Labute approximate surface area is 248 Å². The van der Waals surface area contributed by atoms with Crippen LogP contribution in [-0.4, -0.2) is 37.4 Å².